The summed E-state index contributed by atoms with van der Waals surface area (Å²) in [6.45, 7) is 2.62. The summed E-state index contributed by atoms with van der Waals surface area (Å²) in [5, 5.41) is 15.5. The molecule has 2 aromatic rings. The second-order valence-electron chi connectivity index (χ2n) is 6.29. The van der Waals surface area contributed by atoms with Gasteiger partial charge in [0.2, 0.25) is 5.82 Å². The fourth-order valence-corrected chi connectivity index (χ4v) is 3.44. The zero-order valence-corrected chi connectivity index (χ0v) is 14.1. The smallest absolute Gasteiger partial charge is 0.333 e. The normalized spacial score (nSPS) is 17.6. The van der Waals surface area contributed by atoms with Gasteiger partial charge in [-0.05, 0) is 44.0 Å². The average molecular weight is 346 g/mol. The Morgan fingerprint density at radius 2 is 2.04 bits per heavy atom. The van der Waals surface area contributed by atoms with Gasteiger partial charge in [-0.15, -0.1) is 0 Å². The van der Waals surface area contributed by atoms with Crippen LogP contribution in [0, 0.1) is 28.8 Å². The Hall–Kier alpha value is -2.77. The van der Waals surface area contributed by atoms with Crippen LogP contribution in [0.15, 0.2) is 24.3 Å². The summed E-state index contributed by atoms with van der Waals surface area (Å²) in [5.74, 6) is -0.304. The lowest BCUT2D eigenvalue weighted by molar-refractivity contribution is -0.384. The Bertz CT molecular complexity index is 816. The highest BCUT2D eigenvalue weighted by molar-refractivity contribution is 5.98. The first-order chi connectivity index (χ1) is 11.9. The summed E-state index contributed by atoms with van der Waals surface area (Å²) in [4.78, 5) is 25.5. The lowest BCUT2D eigenvalue weighted by Crippen LogP contribution is -2.40. The number of rotatable bonds is 4. The van der Waals surface area contributed by atoms with Gasteiger partial charge in [-0.25, -0.2) is 9.07 Å². The Morgan fingerprint density at radius 1 is 1.36 bits per heavy atom. The molecule has 0 N–H and O–H groups in total. The second kappa shape index (κ2) is 6.62. The van der Waals surface area contributed by atoms with Crippen LogP contribution < -0.4 is 4.90 Å². The van der Waals surface area contributed by atoms with Crippen molar-refractivity contribution in [3.63, 3.8) is 0 Å². The van der Waals surface area contributed by atoms with Crippen LogP contribution in [0.2, 0.25) is 0 Å². The van der Waals surface area contributed by atoms with E-state index in [1.165, 1.54) is 28.9 Å². The number of nitro groups is 1. The zero-order chi connectivity index (χ0) is 18.1. The molecule has 1 atom stereocenters. The van der Waals surface area contributed by atoms with Crippen molar-refractivity contribution in [3.8, 4) is 0 Å². The first kappa shape index (κ1) is 17.1. The molecule has 0 radical (unpaired) electrons. The predicted octanol–water partition coefficient (Wildman–Crippen LogP) is 2.88. The van der Waals surface area contributed by atoms with E-state index in [2.05, 4.69) is 5.10 Å². The van der Waals surface area contributed by atoms with Crippen molar-refractivity contribution >= 4 is 17.3 Å². The van der Waals surface area contributed by atoms with E-state index in [9.17, 15) is 19.3 Å². The number of hydrogen-bond acceptors (Lipinski definition) is 5. The van der Waals surface area contributed by atoms with E-state index in [-0.39, 0.29) is 23.2 Å². The van der Waals surface area contributed by atoms with Gasteiger partial charge in [0.25, 0.3) is 0 Å². The van der Waals surface area contributed by atoms with Gasteiger partial charge in [0.1, 0.15) is 11.5 Å². The SMILES string of the molecule is Cc1nn(C)c(N2CCC[C@@H](C(=O)c3ccc(F)cc3)C2)c1[N+](=O)[O-]. The number of ketones is 1. The van der Waals surface area contributed by atoms with Gasteiger partial charge in [0, 0.05) is 31.6 Å². The largest absolute Gasteiger partial charge is 0.350 e. The van der Waals surface area contributed by atoms with Crippen LogP contribution in [0.5, 0.6) is 0 Å². The van der Waals surface area contributed by atoms with E-state index in [4.69, 9.17) is 0 Å². The molecule has 0 amide bonds. The lowest BCUT2D eigenvalue weighted by atomic mass is 9.90. The molecule has 0 saturated carbocycles. The molecule has 25 heavy (non-hydrogen) atoms. The van der Waals surface area contributed by atoms with E-state index in [0.717, 1.165) is 6.42 Å². The van der Waals surface area contributed by atoms with Gasteiger partial charge in [0.15, 0.2) is 5.78 Å². The van der Waals surface area contributed by atoms with Crippen LogP contribution >= 0.6 is 0 Å². The van der Waals surface area contributed by atoms with Gasteiger partial charge in [-0.1, -0.05) is 0 Å². The molecule has 1 aliphatic heterocycles. The quantitative estimate of drug-likeness (QED) is 0.483. The van der Waals surface area contributed by atoms with Crippen LogP contribution in [0.3, 0.4) is 0 Å². The molecule has 7 nitrogen and oxygen atoms in total. The van der Waals surface area contributed by atoms with Crippen LogP contribution in [0.4, 0.5) is 15.9 Å². The molecule has 0 spiro atoms. The minimum Gasteiger partial charge on any atom is -0.350 e. The summed E-state index contributed by atoms with van der Waals surface area (Å²) in [6, 6.07) is 5.49. The summed E-state index contributed by atoms with van der Waals surface area (Å²) in [7, 11) is 1.67. The number of Topliss-reactive ketones (excluding diaryl/α,β-unsaturated/α-hetero) is 1. The number of aryl methyl sites for hydroxylation is 2. The van der Waals surface area contributed by atoms with Crippen LogP contribution in [-0.4, -0.2) is 33.6 Å². The molecule has 1 aromatic heterocycles. The van der Waals surface area contributed by atoms with Crippen molar-refractivity contribution in [2.75, 3.05) is 18.0 Å². The van der Waals surface area contributed by atoms with E-state index in [1.54, 1.807) is 14.0 Å². The second-order valence-corrected chi connectivity index (χ2v) is 6.29. The summed E-state index contributed by atoms with van der Waals surface area (Å²) < 4.78 is 14.5. The summed E-state index contributed by atoms with van der Waals surface area (Å²) in [6.07, 6.45) is 1.45. The van der Waals surface area contributed by atoms with Gasteiger partial charge in [0.05, 0.1) is 4.92 Å². The molecule has 1 saturated heterocycles. The van der Waals surface area contributed by atoms with Crippen LogP contribution in [-0.2, 0) is 7.05 Å². The highest BCUT2D eigenvalue weighted by atomic mass is 19.1. The molecule has 1 aromatic carbocycles. The topological polar surface area (TPSA) is 81.3 Å². The third kappa shape index (κ3) is 3.24. The number of carbonyl (C=O) groups is 1. The molecular weight excluding hydrogens is 327 g/mol. The standard InChI is InChI=1S/C17H19FN4O3/c1-11-15(22(24)25)17(20(2)19-11)21-9-3-4-13(10-21)16(23)12-5-7-14(18)8-6-12/h5-8,13H,3-4,9-10H2,1-2H3/t13-/m1/s1. The molecule has 1 fully saturated rings. The fraction of sp³-hybridized carbons (Fsp3) is 0.412. The molecular formula is C17H19FN4O3. The van der Waals surface area contributed by atoms with Crippen molar-refractivity contribution < 1.29 is 14.1 Å². The molecule has 132 valence electrons. The number of hydrogen-bond donors (Lipinski definition) is 0. The third-order valence-corrected chi connectivity index (χ3v) is 4.56. The average Bonchev–Trinajstić information content (AvgIpc) is 2.89. The molecule has 2 heterocycles. The lowest BCUT2D eigenvalue weighted by Gasteiger charge is -2.32. The maximum absolute atomic E-state index is 13.0. The van der Waals surface area contributed by atoms with E-state index in [1.807, 2.05) is 4.90 Å². The van der Waals surface area contributed by atoms with E-state index < -0.39 is 4.92 Å². The summed E-state index contributed by atoms with van der Waals surface area (Å²) in [5.41, 5.74) is 0.802. The molecule has 8 heteroatoms. The van der Waals surface area contributed by atoms with E-state index in [0.29, 0.717) is 36.6 Å². The van der Waals surface area contributed by atoms with Gasteiger partial charge in [-0.3, -0.25) is 14.9 Å². The number of benzene rings is 1. The number of piperidine rings is 1. The van der Waals surface area contributed by atoms with Gasteiger partial charge < -0.3 is 4.90 Å². The van der Waals surface area contributed by atoms with Crippen molar-refractivity contribution in [3.05, 3.63) is 51.5 Å². The van der Waals surface area contributed by atoms with Crippen LogP contribution in [0.25, 0.3) is 0 Å². The van der Waals surface area contributed by atoms with Crippen molar-refractivity contribution in [1.82, 2.24) is 9.78 Å². The van der Waals surface area contributed by atoms with Crippen molar-refractivity contribution in [2.45, 2.75) is 19.8 Å². The fourth-order valence-electron chi connectivity index (χ4n) is 3.44. The van der Waals surface area contributed by atoms with Crippen molar-refractivity contribution in [2.24, 2.45) is 13.0 Å². The molecule has 0 aliphatic carbocycles. The molecule has 1 aliphatic rings. The van der Waals surface area contributed by atoms with Crippen LogP contribution in [0.1, 0.15) is 28.9 Å². The predicted molar refractivity (Wildman–Crippen MR) is 90.3 cm³/mol. The maximum atomic E-state index is 13.0. The molecule has 0 unspecified atom stereocenters. The number of halogens is 1. The number of nitrogens with zero attached hydrogens (tertiary/aromatic N) is 4. The third-order valence-electron chi connectivity index (χ3n) is 4.56. The Kier molecular flexibility index (Phi) is 4.52. The van der Waals surface area contributed by atoms with E-state index >= 15 is 0 Å². The minimum absolute atomic E-state index is 0.0163. The molecule has 0 bridgehead atoms. The number of anilines is 1. The monoisotopic (exact) mass is 346 g/mol. The number of carbonyl (C=O) groups excluding carboxylic acids is 1. The van der Waals surface area contributed by atoms with Gasteiger partial charge in [-0.2, -0.15) is 5.10 Å². The highest BCUT2D eigenvalue weighted by Crippen LogP contribution is 2.34. The zero-order valence-electron chi connectivity index (χ0n) is 14.1. The maximum Gasteiger partial charge on any atom is 0.333 e. The van der Waals surface area contributed by atoms with Crippen molar-refractivity contribution in [1.29, 1.82) is 0 Å². The Labute approximate surface area is 144 Å². The Balaban J connectivity index is 1.86. The number of aromatic nitrogens is 2. The first-order valence-corrected chi connectivity index (χ1v) is 8.11. The first-order valence-electron chi connectivity index (χ1n) is 8.11. The Morgan fingerprint density at radius 3 is 2.68 bits per heavy atom. The molecule has 3 rings (SSSR count). The minimum atomic E-state index is -0.428. The van der Waals surface area contributed by atoms with Gasteiger partial charge >= 0.3 is 5.69 Å². The summed E-state index contributed by atoms with van der Waals surface area (Å²) >= 11 is 0. The highest BCUT2D eigenvalue weighted by Gasteiger charge is 2.33.